The minimum absolute atomic E-state index is 0.253. The van der Waals surface area contributed by atoms with Crippen LogP contribution >= 0.6 is 0 Å². The Morgan fingerprint density at radius 2 is 1.68 bits per heavy atom. The number of aryl methyl sites for hydroxylation is 2. The van der Waals surface area contributed by atoms with Crippen molar-refractivity contribution in [2.75, 3.05) is 11.1 Å². The molecule has 0 radical (unpaired) electrons. The highest BCUT2D eigenvalue weighted by Gasteiger charge is 2.09. The molecule has 116 valence electrons. The van der Waals surface area contributed by atoms with Crippen molar-refractivity contribution in [1.82, 2.24) is 0 Å². The summed E-state index contributed by atoms with van der Waals surface area (Å²) < 4.78 is 5.23. The molecule has 0 bridgehead atoms. The van der Waals surface area contributed by atoms with Gasteiger partial charge in [-0.15, -0.1) is 0 Å². The first kappa shape index (κ1) is 15.9. The molecule has 3 N–H and O–H groups in total. The molecule has 0 spiro atoms. The van der Waals surface area contributed by atoms with Crippen LogP contribution < -0.4 is 11.1 Å². The van der Waals surface area contributed by atoms with E-state index in [1.54, 1.807) is 0 Å². The number of ether oxygens (including phenoxy) is 1. The number of anilines is 2. The van der Waals surface area contributed by atoms with Gasteiger partial charge < -0.3 is 10.5 Å². The van der Waals surface area contributed by atoms with Crippen molar-refractivity contribution >= 4 is 17.5 Å². The molecule has 0 heterocycles. The number of nitrogens with one attached hydrogen (secondary N) is 1. The third-order valence-corrected chi connectivity index (χ3v) is 3.57. The quantitative estimate of drug-likeness (QED) is 0.815. The standard InChI is InChI=1S/C18H22N2O2/c1-3-14-10-16(11-15(4-2)17(14)19)20-18(21)22-12-13-8-6-5-7-9-13/h5-11H,3-4,12,19H2,1-2H3,(H,20,21). The predicted molar refractivity (Wildman–Crippen MR) is 89.9 cm³/mol. The molecule has 4 nitrogen and oxygen atoms in total. The molecular weight excluding hydrogens is 276 g/mol. The Morgan fingerprint density at radius 1 is 1.09 bits per heavy atom. The zero-order chi connectivity index (χ0) is 15.9. The van der Waals surface area contributed by atoms with Crippen LogP contribution in [0.4, 0.5) is 16.2 Å². The van der Waals surface area contributed by atoms with Gasteiger partial charge in [0.15, 0.2) is 0 Å². The van der Waals surface area contributed by atoms with E-state index in [-0.39, 0.29) is 6.61 Å². The van der Waals surface area contributed by atoms with Gasteiger partial charge in [-0.2, -0.15) is 0 Å². The number of amides is 1. The molecule has 0 aliphatic heterocycles. The summed E-state index contributed by atoms with van der Waals surface area (Å²) in [4.78, 5) is 11.9. The van der Waals surface area contributed by atoms with Crippen LogP contribution in [0.5, 0.6) is 0 Å². The largest absolute Gasteiger partial charge is 0.444 e. The molecule has 2 aromatic carbocycles. The smallest absolute Gasteiger partial charge is 0.411 e. The predicted octanol–water partition coefficient (Wildman–Crippen LogP) is 4.14. The van der Waals surface area contributed by atoms with Gasteiger partial charge in [-0.3, -0.25) is 5.32 Å². The maximum Gasteiger partial charge on any atom is 0.411 e. The molecular formula is C18H22N2O2. The van der Waals surface area contributed by atoms with Crippen molar-refractivity contribution in [3.63, 3.8) is 0 Å². The van der Waals surface area contributed by atoms with Crippen LogP contribution in [0.1, 0.15) is 30.5 Å². The average Bonchev–Trinajstić information content (AvgIpc) is 2.55. The van der Waals surface area contributed by atoms with E-state index in [2.05, 4.69) is 5.32 Å². The summed E-state index contributed by atoms with van der Waals surface area (Å²) in [6.07, 6.45) is 1.19. The van der Waals surface area contributed by atoms with Crippen LogP contribution in [0.15, 0.2) is 42.5 Å². The second kappa shape index (κ2) is 7.50. The Morgan fingerprint density at radius 3 is 2.23 bits per heavy atom. The number of carbonyl (C=O) groups is 1. The summed E-state index contributed by atoms with van der Waals surface area (Å²) in [5.74, 6) is 0. The van der Waals surface area contributed by atoms with E-state index < -0.39 is 6.09 Å². The van der Waals surface area contributed by atoms with Gasteiger partial charge >= 0.3 is 6.09 Å². The molecule has 1 amide bonds. The maximum atomic E-state index is 11.9. The monoisotopic (exact) mass is 298 g/mol. The zero-order valence-corrected chi connectivity index (χ0v) is 13.1. The topological polar surface area (TPSA) is 64.3 Å². The van der Waals surface area contributed by atoms with Gasteiger partial charge in [-0.1, -0.05) is 44.2 Å². The number of hydrogen-bond acceptors (Lipinski definition) is 3. The maximum absolute atomic E-state index is 11.9. The Hall–Kier alpha value is -2.49. The van der Waals surface area contributed by atoms with Gasteiger partial charge in [0.25, 0.3) is 0 Å². The second-order valence-corrected chi connectivity index (χ2v) is 5.10. The van der Waals surface area contributed by atoms with E-state index in [4.69, 9.17) is 10.5 Å². The summed E-state index contributed by atoms with van der Waals surface area (Å²) in [7, 11) is 0. The number of benzene rings is 2. The van der Waals surface area contributed by atoms with E-state index in [1.165, 1.54) is 0 Å². The third kappa shape index (κ3) is 4.01. The third-order valence-electron chi connectivity index (χ3n) is 3.57. The highest BCUT2D eigenvalue weighted by Crippen LogP contribution is 2.24. The lowest BCUT2D eigenvalue weighted by Gasteiger charge is -2.13. The normalized spacial score (nSPS) is 10.3. The van der Waals surface area contributed by atoms with Crippen LogP contribution in [0, 0.1) is 0 Å². The molecule has 0 aliphatic carbocycles. The van der Waals surface area contributed by atoms with Gasteiger partial charge in [-0.25, -0.2) is 4.79 Å². The van der Waals surface area contributed by atoms with Gasteiger partial charge in [0.05, 0.1) is 0 Å². The van der Waals surface area contributed by atoms with E-state index in [1.807, 2.05) is 56.3 Å². The number of carbonyl (C=O) groups excluding carboxylic acids is 1. The van der Waals surface area contributed by atoms with Crippen LogP contribution in [-0.2, 0) is 24.2 Å². The molecule has 22 heavy (non-hydrogen) atoms. The van der Waals surface area contributed by atoms with E-state index in [9.17, 15) is 4.79 Å². The SMILES string of the molecule is CCc1cc(NC(=O)OCc2ccccc2)cc(CC)c1N. The fraction of sp³-hybridized carbons (Fsp3) is 0.278. The lowest BCUT2D eigenvalue weighted by Crippen LogP contribution is -2.14. The highest BCUT2D eigenvalue weighted by molar-refractivity contribution is 5.85. The minimum Gasteiger partial charge on any atom is -0.444 e. The molecule has 0 aliphatic rings. The van der Waals surface area contributed by atoms with Crippen LogP contribution in [-0.4, -0.2) is 6.09 Å². The van der Waals surface area contributed by atoms with E-state index in [0.29, 0.717) is 0 Å². The summed E-state index contributed by atoms with van der Waals surface area (Å²) in [6.45, 7) is 4.34. The van der Waals surface area contributed by atoms with E-state index >= 15 is 0 Å². The summed E-state index contributed by atoms with van der Waals surface area (Å²) >= 11 is 0. The van der Waals surface area contributed by atoms with Crippen LogP contribution in [0.25, 0.3) is 0 Å². The molecule has 0 unspecified atom stereocenters. The van der Waals surface area contributed by atoms with Crippen molar-refractivity contribution in [3.05, 3.63) is 59.2 Å². The molecule has 2 rings (SSSR count). The van der Waals surface area contributed by atoms with Gasteiger partial charge in [0.2, 0.25) is 0 Å². The first-order chi connectivity index (χ1) is 10.6. The number of hydrogen-bond donors (Lipinski definition) is 2. The molecule has 0 aromatic heterocycles. The molecule has 0 fully saturated rings. The van der Waals surface area contributed by atoms with Gasteiger partial charge in [-0.05, 0) is 41.7 Å². The van der Waals surface area contributed by atoms with Crippen molar-refractivity contribution in [2.45, 2.75) is 33.3 Å². The van der Waals surface area contributed by atoms with Crippen molar-refractivity contribution in [1.29, 1.82) is 0 Å². The minimum atomic E-state index is -0.460. The van der Waals surface area contributed by atoms with E-state index in [0.717, 1.165) is 40.9 Å². The molecule has 0 saturated carbocycles. The number of rotatable bonds is 5. The van der Waals surface area contributed by atoms with Crippen molar-refractivity contribution in [3.8, 4) is 0 Å². The Labute approximate surface area is 131 Å². The van der Waals surface area contributed by atoms with Crippen molar-refractivity contribution in [2.24, 2.45) is 0 Å². The Kier molecular flexibility index (Phi) is 5.42. The average molecular weight is 298 g/mol. The Bertz CT molecular complexity index is 614. The molecule has 0 atom stereocenters. The molecule has 0 saturated heterocycles. The lowest BCUT2D eigenvalue weighted by molar-refractivity contribution is 0.155. The Balaban J connectivity index is 2.02. The fourth-order valence-corrected chi connectivity index (χ4v) is 2.31. The van der Waals surface area contributed by atoms with Gasteiger partial charge in [0, 0.05) is 11.4 Å². The molecule has 4 heteroatoms. The first-order valence-corrected chi connectivity index (χ1v) is 7.53. The lowest BCUT2D eigenvalue weighted by atomic mass is 10.0. The molecule has 2 aromatic rings. The highest BCUT2D eigenvalue weighted by atomic mass is 16.5. The summed E-state index contributed by atoms with van der Waals surface area (Å²) in [5, 5.41) is 2.77. The zero-order valence-electron chi connectivity index (χ0n) is 13.1. The number of nitrogen functional groups attached to an aromatic ring is 1. The summed E-state index contributed by atoms with van der Waals surface area (Å²) in [6, 6.07) is 13.4. The fourth-order valence-electron chi connectivity index (χ4n) is 2.31. The second-order valence-electron chi connectivity index (χ2n) is 5.10. The summed E-state index contributed by atoms with van der Waals surface area (Å²) in [5.41, 5.74) is 10.7. The first-order valence-electron chi connectivity index (χ1n) is 7.53. The number of nitrogens with two attached hydrogens (primary N) is 1. The van der Waals surface area contributed by atoms with Crippen LogP contribution in [0.3, 0.4) is 0 Å². The van der Waals surface area contributed by atoms with Crippen LogP contribution in [0.2, 0.25) is 0 Å². The van der Waals surface area contributed by atoms with Gasteiger partial charge in [0.1, 0.15) is 6.61 Å². The van der Waals surface area contributed by atoms with Crippen molar-refractivity contribution < 1.29 is 9.53 Å².